The molecule has 0 spiro atoms. The third-order valence-corrected chi connectivity index (χ3v) is 4.91. The van der Waals surface area contributed by atoms with E-state index in [4.69, 9.17) is 9.47 Å². The average Bonchev–Trinajstić information content (AvgIpc) is 2.45. The monoisotopic (exact) mass is 292 g/mol. The SMILES string of the molecule is COc1cccc(OC)c1C1(O)CC(C)CCC1C(C)C. The lowest BCUT2D eigenvalue weighted by Gasteiger charge is -2.45. The second-order valence-corrected chi connectivity index (χ2v) is 6.70. The largest absolute Gasteiger partial charge is 0.496 e. The van der Waals surface area contributed by atoms with E-state index < -0.39 is 5.60 Å². The molecular weight excluding hydrogens is 264 g/mol. The summed E-state index contributed by atoms with van der Waals surface area (Å²) in [5, 5.41) is 11.6. The third kappa shape index (κ3) is 2.89. The van der Waals surface area contributed by atoms with Crippen LogP contribution >= 0.6 is 0 Å². The Kier molecular flexibility index (Phi) is 4.82. The molecule has 1 fully saturated rings. The molecule has 118 valence electrons. The maximum Gasteiger partial charge on any atom is 0.128 e. The molecule has 0 bridgehead atoms. The first-order valence-corrected chi connectivity index (χ1v) is 7.87. The van der Waals surface area contributed by atoms with Crippen molar-refractivity contribution in [3.05, 3.63) is 23.8 Å². The van der Waals surface area contributed by atoms with Crippen LogP contribution in [0.5, 0.6) is 11.5 Å². The Morgan fingerprint density at radius 3 is 2.19 bits per heavy atom. The first-order chi connectivity index (χ1) is 9.93. The zero-order valence-electron chi connectivity index (χ0n) is 13.8. The maximum atomic E-state index is 11.6. The molecule has 0 aromatic heterocycles. The molecule has 1 aromatic carbocycles. The van der Waals surface area contributed by atoms with Gasteiger partial charge in [0.2, 0.25) is 0 Å². The fraction of sp³-hybridized carbons (Fsp3) is 0.667. The van der Waals surface area contributed by atoms with Gasteiger partial charge >= 0.3 is 0 Å². The van der Waals surface area contributed by atoms with Gasteiger partial charge in [-0.3, -0.25) is 0 Å². The second kappa shape index (κ2) is 6.27. The zero-order valence-corrected chi connectivity index (χ0v) is 13.8. The Morgan fingerprint density at radius 2 is 1.71 bits per heavy atom. The fourth-order valence-electron chi connectivity index (χ4n) is 3.94. The normalized spacial score (nSPS) is 29.5. The van der Waals surface area contributed by atoms with Gasteiger partial charge in [0.15, 0.2) is 0 Å². The summed E-state index contributed by atoms with van der Waals surface area (Å²) in [6.07, 6.45) is 2.96. The number of ether oxygens (including phenoxy) is 2. The van der Waals surface area contributed by atoms with E-state index in [0.29, 0.717) is 11.8 Å². The molecule has 3 unspecified atom stereocenters. The van der Waals surface area contributed by atoms with E-state index in [9.17, 15) is 5.11 Å². The van der Waals surface area contributed by atoms with Gasteiger partial charge in [0.1, 0.15) is 17.1 Å². The van der Waals surface area contributed by atoms with Crippen LogP contribution in [0.3, 0.4) is 0 Å². The van der Waals surface area contributed by atoms with Gasteiger partial charge in [-0.15, -0.1) is 0 Å². The van der Waals surface area contributed by atoms with E-state index in [1.54, 1.807) is 14.2 Å². The Bertz CT molecular complexity index is 461. The molecule has 0 aliphatic heterocycles. The van der Waals surface area contributed by atoms with Crippen LogP contribution in [0.1, 0.15) is 45.6 Å². The minimum absolute atomic E-state index is 0.221. The Morgan fingerprint density at radius 1 is 1.14 bits per heavy atom. The average molecular weight is 292 g/mol. The van der Waals surface area contributed by atoms with Gasteiger partial charge in [0.05, 0.1) is 19.8 Å². The highest BCUT2D eigenvalue weighted by Crippen LogP contribution is 2.52. The van der Waals surface area contributed by atoms with Crippen LogP contribution in [0, 0.1) is 17.8 Å². The van der Waals surface area contributed by atoms with Crippen LogP contribution < -0.4 is 9.47 Å². The minimum atomic E-state index is -0.885. The zero-order chi connectivity index (χ0) is 15.6. The highest BCUT2D eigenvalue weighted by atomic mass is 16.5. The summed E-state index contributed by atoms with van der Waals surface area (Å²) >= 11 is 0. The summed E-state index contributed by atoms with van der Waals surface area (Å²) in [4.78, 5) is 0. The van der Waals surface area contributed by atoms with Crippen molar-refractivity contribution in [1.29, 1.82) is 0 Å². The van der Waals surface area contributed by atoms with Crippen LogP contribution in [0.2, 0.25) is 0 Å². The molecule has 0 saturated heterocycles. The minimum Gasteiger partial charge on any atom is -0.496 e. The summed E-state index contributed by atoms with van der Waals surface area (Å²) in [7, 11) is 3.30. The number of hydrogen-bond acceptors (Lipinski definition) is 3. The maximum absolute atomic E-state index is 11.6. The second-order valence-electron chi connectivity index (χ2n) is 6.70. The number of hydrogen-bond donors (Lipinski definition) is 1. The Balaban J connectivity index is 2.59. The number of rotatable bonds is 4. The van der Waals surface area contributed by atoms with Gasteiger partial charge in [0.25, 0.3) is 0 Å². The van der Waals surface area contributed by atoms with E-state index in [2.05, 4.69) is 20.8 Å². The van der Waals surface area contributed by atoms with Gasteiger partial charge in [-0.2, -0.15) is 0 Å². The molecule has 1 N–H and O–H groups in total. The van der Waals surface area contributed by atoms with E-state index in [0.717, 1.165) is 29.9 Å². The molecule has 1 saturated carbocycles. The lowest BCUT2D eigenvalue weighted by atomic mass is 9.64. The first-order valence-electron chi connectivity index (χ1n) is 7.87. The van der Waals surface area contributed by atoms with Crippen molar-refractivity contribution >= 4 is 0 Å². The van der Waals surface area contributed by atoms with Crippen molar-refractivity contribution in [1.82, 2.24) is 0 Å². The predicted molar refractivity (Wildman–Crippen MR) is 84.8 cm³/mol. The molecule has 21 heavy (non-hydrogen) atoms. The third-order valence-electron chi connectivity index (χ3n) is 4.91. The topological polar surface area (TPSA) is 38.7 Å². The molecule has 3 heteroatoms. The molecule has 1 aromatic rings. The van der Waals surface area contributed by atoms with Crippen LogP contribution in [0.15, 0.2) is 18.2 Å². The van der Waals surface area contributed by atoms with E-state index in [1.165, 1.54) is 6.42 Å². The van der Waals surface area contributed by atoms with Gasteiger partial charge in [-0.1, -0.05) is 33.3 Å². The molecule has 1 aliphatic rings. The van der Waals surface area contributed by atoms with Crippen molar-refractivity contribution in [3.8, 4) is 11.5 Å². The lowest BCUT2D eigenvalue weighted by Crippen LogP contribution is -2.43. The molecule has 0 radical (unpaired) electrons. The summed E-state index contributed by atoms with van der Waals surface area (Å²) in [5.41, 5.74) is -0.0655. The summed E-state index contributed by atoms with van der Waals surface area (Å²) in [5.74, 6) is 2.57. The summed E-state index contributed by atoms with van der Waals surface area (Å²) in [6.45, 7) is 6.59. The molecule has 0 amide bonds. The Hall–Kier alpha value is -1.22. The van der Waals surface area contributed by atoms with Crippen molar-refractivity contribution < 1.29 is 14.6 Å². The van der Waals surface area contributed by atoms with Gasteiger partial charge < -0.3 is 14.6 Å². The van der Waals surface area contributed by atoms with Crippen LogP contribution in [0.25, 0.3) is 0 Å². The quantitative estimate of drug-likeness (QED) is 0.912. The van der Waals surface area contributed by atoms with Crippen molar-refractivity contribution in [2.75, 3.05) is 14.2 Å². The van der Waals surface area contributed by atoms with Crippen LogP contribution in [-0.4, -0.2) is 19.3 Å². The standard InChI is InChI=1S/C18H28O3/c1-12(2)14-10-9-13(3)11-18(14,19)17-15(20-4)7-6-8-16(17)21-5/h6-8,12-14,19H,9-11H2,1-5H3. The number of benzene rings is 1. The number of methoxy groups -OCH3 is 2. The highest BCUT2D eigenvalue weighted by molar-refractivity contribution is 5.49. The first kappa shape index (κ1) is 16.2. The van der Waals surface area contributed by atoms with Crippen molar-refractivity contribution in [2.24, 2.45) is 17.8 Å². The lowest BCUT2D eigenvalue weighted by molar-refractivity contribution is -0.0889. The van der Waals surface area contributed by atoms with E-state index in [-0.39, 0.29) is 5.92 Å². The molecule has 0 heterocycles. The summed E-state index contributed by atoms with van der Waals surface area (Å²) < 4.78 is 11.1. The van der Waals surface area contributed by atoms with Crippen LogP contribution in [-0.2, 0) is 5.60 Å². The fourth-order valence-corrected chi connectivity index (χ4v) is 3.94. The Labute approximate surface area is 128 Å². The van der Waals surface area contributed by atoms with Gasteiger partial charge in [-0.05, 0) is 42.7 Å². The van der Waals surface area contributed by atoms with Gasteiger partial charge in [0, 0.05) is 0 Å². The summed E-state index contributed by atoms with van der Waals surface area (Å²) in [6, 6.07) is 5.72. The van der Waals surface area contributed by atoms with E-state index >= 15 is 0 Å². The van der Waals surface area contributed by atoms with Gasteiger partial charge in [-0.25, -0.2) is 0 Å². The highest BCUT2D eigenvalue weighted by Gasteiger charge is 2.47. The van der Waals surface area contributed by atoms with Crippen molar-refractivity contribution in [2.45, 2.75) is 45.6 Å². The number of aliphatic hydroxyl groups is 1. The van der Waals surface area contributed by atoms with Crippen molar-refractivity contribution in [3.63, 3.8) is 0 Å². The molecule has 1 aliphatic carbocycles. The smallest absolute Gasteiger partial charge is 0.128 e. The molecular formula is C18H28O3. The molecule has 3 nitrogen and oxygen atoms in total. The molecule has 2 rings (SSSR count). The van der Waals surface area contributed by atoms with E-state index in [1.807, 2.05) is 18.2 Å². The molecule has 3 atom stereocenters. The predicted octanol–water partition coefficient (Wildman–Crippen LogP) is 3.98. The van der Waals surface area contributed by atoms with Crippen LogP contribution in [0.4, 0.5) is 0 Å².